The molecule has 18 heavy (non-hydrogen) atoms. The third-order valence-electron chi connectivity index (χ3n) is 2.71. The second-order valence-corrected chi connectivity index (χ2v) is 5.99. The number of aromatic hydroxyl groups is 2. The summed E-state index contributed by atoms with van der Waals surface area (Å²) in [5.41, 5.74) is 0. The molecule has 0 saturated carbocycles. The van der Waals surface area contributed by atoms with Crippen LogP contribution in [0.5, 0.6) is 11.8 Å². The van der Waals surface area contributed by atoms with Gasteiger partial charge in [-0.25, -0.2) is 0 Å². The van der Waals surface area contributed by atoms with Gasteiger partial charge in [0, 0.05) is 31.9 Å². The molecule has 0 aliphatic heterocycles. The molecular formula is C12H23NO4Si. The lowest BCUT2D eigenvalue weighted by molar-refractivity contribution is -0.0827. The van der Waals surface area contributed by atoms with Crippen molar-refractivity contribution in [2.24, 2.45) is 0 Å². The summed E-state index contributed by atoms with van der Waals surface area (Å²) in [6.07, 6.45) is 0.915. The lowest BCUT2D eigenvalue weighted by Gasteiger charge is -2.16. The second-order valence-electron chi connectivity index (χ2n) is 4.04. The summed E-state index contributed by atoms with van der Waals surface area (Å²) in [4.78, 5) is 0. The highest BCUT2D eigenvalue weighted by Crippen LogP contribution is 2.21. The zero-order valence-electron chi connectivity index (χ0n) is 11.1. The first-order valence-electron chi connectivity index (χ1n) is 6.49. The Morgan fingerprint density at radius 3 is 2.22 bits per heavy atom. The molecule has 0 radical (unpaired) electrons. The first kappa shape index (κ1) is 15.1. The van der Waals surface area contributed by atoms with Gasteiger partial charge in [-0.3, -0.25) is 4.57 Å². The number of aromatic nitrogens is 1. The van der Waals surface area contributed by atoms with Gasteiger partial charge in [0.15, 0.2) is 11.8 Å². The zero-order valence-corrected chi connectivity index (χ0v) is 12.5. The Morgan fingerprint density at radius 1 is 1.17 bits per heavy atom. The van der Waals surface area contributed by atoms with Crippen LogP contribution in [0.4, 0.5) is 0 Å². The minimum absolute atomic E-state index is 0.00754. The van der Waals surface area contributed by atoms with Crippen molar-refractivity contribution in [1.82, 2.24) is 4.57 Å². The Labute approximate surface area is 110 Å². The fourth-order valence-corrected chi connectivity index (χ4v) is 3.49. The highest BCUT2D eigenvalue weighted by Gasteiger charge is 2.09. The standard InChI is InChI=1S/C12H23NO4Si/c1-3-16-12(17-4-2)18-9-5-8-13-10(14)6-7-11(13)15/h6-7,12,14-15H,3-5,8-9,18H2,1-2H3. The third kappa shape index (κ3) is 4.71. The molecule has 0 aliphatic rings. The zero-order chi connectivity index (χ0) is 13.4. The summed E-state index contributed by atoms with van der Waals surface area (Å²) >= 11 is 0. The molecule has 0 unspecified atom stereocenters. The van der Waals surface area contributed by atoms with Crippen LogP contribution in [0, 0.1) is 0 Å². The molecule has 0 aromatic carbocycles. The van der Waals surface area contributed by atoms with Gasteiger partial charge in [0.2, 0.25) is 0 Å². The summed E-state index contributed by atoms with van der Waals surface area (Å²) in [6.45, 7) is 5.92. The molecule has 0 amide bonds. The quantitative estimate of drug-likeness (QED) is 0.403. The fraction of sp³-hybridized carbons (Fsp3) is 0.667. The van der Waals surface area contributed by atoms with E-state index in [1.807, 2.05) is 13.8 Å². The first-order chi connectivity index (χ1) is 8.69. The smallest absolute Gasteiger partial charge is 0.193 e. The van der Waals surface area contributed by atoms with Crippen molar-refractivity contribution in [2.45, 2.75) is 38.8 Å². The molecule has 6 heteroatoms. The normalized spacial score (nSPS) is 11.9. The molecule has 0 spiro atoms. The minimum atomic E-state index is -0.442. The van der Waals surface area contributed by atoms with Crippen LogP contribution in [0.15, 0.2) is 12.1 Å². The molecule has 1 aromatic rings. The summed E-state index contributed by atoms with van der Waals surface area (Å²) in [5, 5.41) is 18.9. The van der Waals surface area contributed by atoms with Gasteiger partial charge < -0.3 is 19.7 Å². The van der Waals surface area contributed by atoms with Gasteiger partial charge in [-0.05, 0) is 20.3 Å². The Morgan fingerprint density at radius 2 is 1.72 bits per heavy atom. The van der Waals surface area contributed by atoms with Gasteiger partial charge in [-0.15, -0.1) is 0 Å². The van der Waals surface area contributed by atoms with Crippen molar-refractivity contribution in [3.63, 3.8) is 0 Å². The van der Waals surface area contributed by atoms with E-state index < -0.39 is 9.52 Å². The van der Waals surface area contributed by atoms with Crippen LogP contribution in [0.3, 0.4) is 0 Å². The number of rotatable bonds is 9. The van der Waals surface area contributed by atoms with Gasteiger partial charge in [-0.1, -0.05) is 6.04 Å². The highest BCUT2D eigenvalue weighted by molar-refractivity contribution is 6.36. The lowest BCUT2D eigenvalue weighted by Crippen LogP contribution is -2.24. The summed E-state index contributed by atoms with van der Waals surface area (Å²) in [7, 11) is -0.442. The van der Waals surface area contributed by atoms with Crippen molar-refractivity contribution < 1.29 is 19.7 Å². The largest absolute Gasteiger partial charge is 0.494 e. The van der Waals surface area contributed by atoms with E-state index in [9.17, 15) is 10.2 Å². The van der Waals surface area contributed by atoms with Gasteiger partial charge in [-0.2, -0.15) is 0 Å². The van der Waals surface area contributed by atoms with Crippen LogP contribution in [0.1, 0.15) is 20.3 Å². The fourth-order valence-electron chi connectivity index (χ4n) is 1.84. The van der Waals surface area contributed by atoms with Crippen molar-refractivity contribution in [1.29, 1.82) is 0 Å². The SMILES string of the molecule is CCOC(OCC)[SiH2]CCCn1c(O)ccc1O. The highest BCUT2D eigenvalue weighted by atomic mass is 28.2. The summed E-state index contributed by atoms with van der Waals surface area (Å²) < 4.78 is 12.5. The first-order valence-corrected chi connectivity index (χ1v) is 8.31. The number of ether oxygens (including phenoxy) is 2. The Hall–Kier alpha value is -0.983. The van der Waals surface area contributed by atoms with E-state index in [2.05, 4.69) is 0 Å². The predicted octanol–water partition coefficient (Wildman–Crippen LogP) is 1.23. The monoisotopic (exact) mass is 273 g/mol. The van der Waals surface area contributed by atoms with Crippen molar-refractivity contribution >= 4 is 9.52 Å². The van der Waals surface area contributed by atoms with E-state index in [4.69, 9.17) is 9.47 Å². The third-order valence-corrected chi connectivity index (χ3v) is 4.56. The van der Waals surface area contributed by atoms with Crippen LogP contribution in [-0.2, 0) is 16.0 Å². The lowest BCUT2D eigenvalue weighted by atomic mass is 10.5. The number of nitrogens with zero attached hydrogens (tertiary/aromatic N) is 1. The van der Waals surface area contributed by atoms with Gasteiger partial charge in [0.25, 0.3) is 0 Å². The van der Waals surface area contributed by atoms with E-state index in [1.165, 1.54) is 16.7 Å². The second kappa shape index (κ2) is 8.18. The van der Waals surface area contributed by atoms with Gasteiger partial charge in [0.1, 0.15) is 5.91 Å². The van der Waals surface area contributed by atoms with Crippen LogP contribution >= 0.6 is 0 Å². The molecule has 0 saturated heterocycles. The topological polar surface area (TPSA) is 63.9 Å². The maximum absolute atomic E-state index is 9.47. The predicted molar refractivity (Wildman–Crippen MR) is 72.8 cm³/mol. The summed E-state index contributed by atoms with van der Waals surface area (Å²) in [5.74, 6) is 0.215. The molecule has 1 aromatic heterocycles. The van der Waals surface area contributed by atoms with E-state index in [0.717, 1.165) is 12.5 Å². The molecule has 0 atom stereocenters. The van der Waals surface area contributed by atoms with Gasteiger partial charge in [0.05, 0.1) is 9.52 Å². The Kier molecular flexibility index (Phi) is 6.85. The van der Waals surface area contributed by atoms with Crippen molar-refractivity contribution in [3.8, 4) is 11.8 Å². The van der Waals surface area contributed by atoms with Crippen LogP contribution < -0.4 is 0 Å². The van der Waals surface area contributed by atoms with Crippen molar-refractivity contribution in [3.05, 3.63) is 12.1 Å². The van der Waals surface area contributed by atoms with E-state index >= 15 is 0 Å². The molecule has 104 valence electrons. The van der Waals surface area contributed by atoms with Crippen LogP contribution in [0.2, 0.25) is 6.04 Å². The Balaban J connectivity index is 2.25. The average molecular weight is 273 g/mol. The van der Waals surface area contributed by atoms with Crippen molar-refractivity contribution in [2.75, 3.05) is 13.2 Å². The van der Waals surface area contributed by atoms with Crippen LogP contribution in [-0.4, -0.2) is 43.4 Å². The maximum Gasteiger partial charge on any atom is 0.193 e. The molecule has 0 fully saturated rings. The average Bonchev–Trinajstić information content (AvgIpc) is 2.66. The molecule has 0 bridgehead atoms. The van der Waals surface area contributed by atoms with E-state index in [-0.39, 0.29) is 17.7 Å². The Bertz CT molecular complexity index is 317. The van der Waals surface area contributed by atoms with Crippen LogP contribution in [0.25, 0.3) is 0 Å². The molecular weight excluding hydrogens is 250 g/mol. The molecule has 0 aliphatic carbocycles. The molecule has 1 rings (SSSR count). The maximum atomic E-state index is 9.47. The van der Waals surface area contributed by atoms with E-state index in [1.54, 1.807) is 0 Å². The minimum Gasteiger partial charge on any atom is -0.494 e. The molecule has 5 nitrogen and oxygen atoms in total. The van der Waals surface area contributed by atoms with E-state index in [0.29, 0.717) is 19.8 Å². The van der Waals surface area contributed by atoms with Gasteiger partial charge >= 0.3 is 0 Å². The summed E-state index contributed by atoms with van der Waals surface area (Å²) in [6, 6.07) is 4.05. The molecule has 2 N–H and O–H groups in total. The molecule has 1 heterocycles. The number of hydrogen-bond donors (Lipinski definition) is 2. The number of hydrogen-bond acceptors (Lipinski definition) is 4.